The van der Waals surface area contributed by atoms with Crippen molar-refractivity contribution in [2.24, 2.45) is 0 Å². The molecule has 0 atom stereocenters. The number of anilines is 2. The molecule has 0 bridgehead atoms. The van der Waals surface area contributed by atoms with E-state index >= 15 is 0 Å². The molecule has 2 N–H and O–H groups in total. The van der Waals surface area contributed by atoms with Gasteiger partial charge in [-0.3, -0.25) is 10.1 Å². The molecule has 1 aromatic carbocycles. The van der Waals surface area contributed by atoms with Crippen molar-refractivity contribution in [3.05, 3.63) is 23.8 Å². The first-order valence-corrected chi connectivity index (χ1v) is 6.90. The van der Waals surface area contributed by atoms with Crippen LogP contribution < -0.4 is 15.0 Å². The van der Waals surface area contributed by atoms with Gasteiger partial charge in [0, 0.05) is 18.6 Å². The first-order valence-electron chi connectivity index (χ1n) is 6.90. The topological polar surface area (TPSA) is 78.9 Å². The van der Waals surface area contributed by atoms with Crippen molar-refractivity contribution in [2.45, 2.75) is 33.2 Å². The lowest BCUT2D eigenvalue weighted by Gasteiger charge is -2.41. The van der Waals surface area contributed by atoms with Gasteiger partial charge in [0.25, 0.3) is 0 Å². The minimum atomic E-state index is -1.17. The van der Waals surface area contributed by atoms with E-state index < -0.39 is 11.6 Å². The molecule has 2 amide bonds. The number of methoxy groups -OCH3 is 1. The Balaban J connectivity index is 2.70. The van der Waals surface area contributed by atoms with Crippen LogP contribution in [-0.4, -0.2) is 29.8 Å². The van der Waals surface area contributed by atoms with E-state index in [2.05, 4.69) is 5.32 Å². The number of allylic oxidation sites excluding steroid dienone is 1. The highest BCUT2D eigenvalue weighted by molar-refractivity contribution is 6.01. The molecule has 0 fully saturated rings. The first kappa shape index (κ1) is 15.9. The van der Waals surface area contributed by atoms with Crippen molar-refractivity contribution >= 4 is 28.9 Å². The average molecular weight is 304 g/mol. The number of carboxylic acid groups (broad SMARTS) is 1. The monoisotopic (exact) mass is 304 g/mol. The molecule has 22 heavy (non-hydrogen) atoms. The molecule has 0 saturated heterocycles. The number of hydrogen-bond acceptors (Lipinski definition) is 3. The van der Waals surface area contributed by atoms with E-state index in [4.69, 9.17) is 9.84 Å². The number of nitrogens with zero attached hydrogens (tertiary/aromatic N) is 1. The lowest BCUT2D eigenvalue weighted by molar-refractivity contribution is -0.117. The van der Waals surface area contributed by atoms with Gasteiger partial charge in [-0.15, -0.1) is 0 Å². The van der Waals surface area contributed by atoms with E-state index in [-0.39, 0.29) is 5.91 Å². The van der Waals surface area contributed by atoms with Crippen molar-refractivity contribution in [1.82, 2.24) is 0 Å². The van der Waals surface area contributed by atoms with Crippen LogP contribution in [-0.2, 0) is 4.79 Å². The summed E-state index contributed by atoms with van der Waals surface area (Å²) in [5.74, 6) is 0.286. The zero-order valence-electron chi connectivity index (χ0n) is 13.4. The third kappa shape index (κ3) is 2.64. The van der Waals surface area contributed by atoms with Crippen molar-refractivity contribution in [3.8, 4) is 5.75 Å². The van der Waals surface area contributed by atoms with Crippen LogP contribution in [0.15, 0.2) is 18.2 Å². The highest BCUT2D eigenvalue weighted by Gasteiger charge is 2.35. The lowest BCUT2D eigenvalue weighted by atomic mass is 9.88. The fraction of sp³-hybridized carbons (Fsp3) is 0.375. The molecule has 2 rings (SSSR count). The Morgan fingerprint density at radius 1 is 1.32 bits per heavy atom. The summed E-state index contributed by atoms with van der Waals surface area (Å²) < 4.78 is 5.26. The normalized spacial score (nSPS) is 15.7. The first-order chi connectivity index (χ1) is 10.2. The third-order valence-corrected chi connectivity index (χ3v) is 3.69. The van der Waals surface area contributed by atoms with Gasteiger partial charge in [0.15, 0.2) is 0 Å². The van der Waals surface area contributed by atoms with Crippen molar-refractivity contribution in [3.63, 3.8) is 0 Å². The van der Waals surface area contributed by atoms with Crippen LogP contribution in [0.25, 0.3) is 5.57 Å². The van der Waals surface area contributed by atoms with E-state index in [9.17, 15) is 9.59 Å². The SMILES string of the molecule is COc1cc2c(cc1NC(=O)O)C(C)=CC(C)(C)N2C(C)=O. The van der Waals surface area contributed by atoms with E-state index in [1.807, 2.05) is 26.8 Å². The summed E-state index contributed by atoms with van der Waals surface area (Å²) in [4.78, 5) is 24.7. The zero-order chi connectivity index (χ0) is 16.7. The van der Waals surface area contributed by atoms with Gasteiger partial charge in [-0.2, -0.15) is 0 Å². The molecular formula is C16H20N2O4. The molecule has 6 heteroatoms. The molecule has 0 spiro atoms. The molecule has 6 nitrogen and oxygen atoms in total. The predicted octanol–water partition coefficient (Wildman–Crippen LogP) is 3.33. The van der Waals surface area contributed by atoms with Gasteiger partial charge in [-0.05, 0) is 32.4 Å². The van der Waals surface area contributed by atoms with Crippen molar-refractivity contribution in [1.29, 1.82) is 0 Å². The number of rotatable bonds is 2. The average Bonchev–Trinajstić information content (AvgIpc) is 2.36. The fourth-order valence-electron chi connectivity index (χ4n) is 3.01. The van der Waals surface area contributed by atoms with E-state index in [0.29, 0.717) is 17.1 Å². The number of carbonyl (C=O) groups is 2. The maximum atomic E-state index is 12.1. The summed E-state index contributed by atoms with van der Waals surface area (Å²) in [5.41, 5.74) is 2.39. The number of amides is 2. The fourth-order valence-corrected chi connectivity index (χ4v) is 3.01. The number of nitrogens with one attached hydrogen (secondary N) is 1. The zero-order valence-corrected chi connectivity index (χ0v) is 13.4. The predicted molar refractivity (Wildman–Crippen MR) is 85.5 cm³/mol. The molecule has 0 saturated carbocycles. The standard InChI is InChI=1S/C16H20N2O4/c1-9-8-16(3,4)18(10(2)19)13-7-14(22-5)12(6-11(9)13)17-15(20)21/h6-8,17H,1-5H3,(H,20,21). The second-order valence-corrected chi connectivity index (χ2v) is 5.84. The van der Waals surface area contributed by atoms with Gasteiger partial charge in [0.2, 0.25) is 5.91 Å². The van der Waals surface area contributed by atoms with Gasteiger partial charge in [-0.1, -0.05) is 6.08 Å². The lowest BCUT2D eigenvalue weighted by Crippen LogP contribution is -2.47. The minimum Gasteiger partial charge on any atom is -0.494 e. The summed E-state index contributed by atoms with van der Waals surface area (Å²) in [6, 6.07) is 3.39. The van der Waals surface area contributed by atoms with Crippen LogP contribution in [0.5, 0.6) is 5.75 Å². The number of benzene rings is 1. The Labute approximate surface area is 129 Å². The second-order valence-electron chi connectivity index (χ2n) is 5.84. The number of ether oxygens (including phenoxy) is 1. The highest BCUT2D eigenvalue weighted by atomic mass is 16.5. The summed E-state index contributed by atoms with van der Waals surface area (Å²) in [7, 11) is 1.46. The Hall–Kier alpha value is -2.50. The van der Waals surface area contributed by atoms with Crippen LogP contribution in [0.2, 0.25) is 0 Å². The minimum absolute atomic E-state index is 0.0870. The van der Waals surface area contributed by atoms with Crippen molar-refractivity contribution in [2.75, 3.05) is 17.3 Å². The van der Waals surface area contributed by atoms with Gasteiger partial charge >= 0.3 is 6.09 Å². The molecule has 118 valence electrons. The molecule has 0 aliphatic carbocycles. The summed E-state index contributed by atoms with van der Waals surface area (Å²) in [6.45, 7) is 7.36. The molecular weight excluding hydrogens is 284 g/mol. The highest BCUT2D eigenvalue weighted by Crippen LogP contribution is 2.43. The summed E-state index contributed by atoms with van der Waals surface area (Å²) in [6.07, 6.45) is 0.827. The number of hydrogen-bond donors (Lipinski definition) is 2. The van der Waals surface area contributed by atoms with Crippen LogP contribution in [0.4, 0.5) is 16.2 Å². The Kier molecular flexibility index (Phi) is 3.87. The molecule has 1 aliphatic rings. The number of fused-ring (bicyclic) bond motifs is 1. The van der Waals surface area contributed by atoms with Crippen molar-refractivity contribution < 1.29 is 19.4 Å². The third-order valence-electron chi connectivity index (χ3n) is 3.69. The van der Waals surface area contributed by atoms with Gasteiger partial charge in [0.1, 0.15) is 5.75 Å². The largest absolute Gasteiger partial charge is 0.494 e. The Bertz CT molecular complexity index is 677. The number of carbonyl (C=O) groups excluding carboxylic acids is 1. The van der Waals surface area contributed by atoms with Crippen LogP contribution in [0.1, 0.15) is 33.3 Å². The van der Waals surface area contributed by atoms with E-state index in [1.165, 1.54) is 14.0 Å². The smallest absolute Gasteiger partial charge is 0.409 e. The Morgan fingerprint density at radius 3 is 2.45 bits per heavy atom. The van der Waals surface area contributed by atoms with Crippen LogP contribution in [0.3, 0.4) is 0 Å². The van der Waals surface area contributed by atoms with Crippen LogP contribution in [0, 0.1) is 0 Å². The molecule has 0 unspecified atom stereocenters. The maximum Gasteiger partial charge on any atom is 0.409 e. The Morgan fingerprint density at radius 2 is 1.95 bits per heavy atom. The quantitative estimate of drug-likeness (QED) is 0.878. The maximum absolute atomic E-state index is 12.1. The van der Waals surface area contributed by atoms with Crippen LogP contribution >= 0.6 is 0 Å². The second kappa shape index (κ2) is 5.36. The molecule has 1 aliphatic heterocycles. The van der Waals surface area contributed by atoms with Gasteiger partial charge in [0.05, 0.1) is 24.0 Å². The van der Waals surface area contributed by atoms with E-state index in [0.717, 1.165) is 11.1 Å². The molecule has 1 heterocycles. The summed E-state index contributed by atoms with van der Waals surface area (Å²) in [5, 5.41) is 11.3. The molecule has 0 radical (unpaired) electrons. The molecule has 0 aromatic heterocycles. The van der Waals surface area contributed by atoms with Gasteiger partial charge in [-0.25, -0.2) is 4.79 Å². The molecule has 1 aromatic rings. The summed E-state index contributed by atoms with van der Waals surface area (Å²) >= 11 is 0. The van der Waals surface area contributed by atoms with Gasteiger partial charge < -0.3 is 14.7 Å². The van der Waals surface area contributed by atoms with E-state index in [1.54, 1.807) is 17.0 Å².